The number of rotatable bonds is 4. The quantitative estimate of drug-likeness (QED) is 0.864. The van der Waals surface area contributed by atoms with Gasteiger partial charge in [0.05, 0.1) is 0 Å². The van der Waals surface area contributed by atoms with Gasteiger partial charge in [0.15, 0.2) is 0 Å². The van der Waals surface area contributed by atoms with E-state index in [1.807, 2.05) is 38.1 Å². The van der Waals surface area contributed by atoms with Gasteiger partial charge < -0.3 is 5.32 Å². The predicted octanol–water partition coefficient (Wildman–Crippen LogP) is 4.56. The van der Waals surface area contributed by atoms with Crippen molar-refractivity contribution in [3.8, 4) is 11.1 Å². The Hall–Kier alpha value is -1.38. The zero-order chi connectivity index (χ0) is 13.8. The lowest BCUT2D eigenvalue weighted by Gasteiger charge is -2.11. The van der Waals surface area contributed by atoms with Gasteiger partial charge in [-0.2, -0.15) is 0 Å². The van der Waals surface area contributed by atoms with Crippen LogP contribution in [0.4, 0.5) is 4.39 Å². The minimum atomic E-state index is -0.213. The molecule has 0 unspecified atom stereocenters. The summed E-state index contributed by atoms with van der Waals surface area (Å²) in [5.41, 5.74) is 4.02. The lowest BCUT2D eigenvalue weighted by molar-refractivity contribution is 0.622. The summed E-state index contributed by atoms with van der Waals surface area (Å²) in [6.07, 6.45) is 0. The van der Waals surface area contributed by atoms with Crippen LogP contribution in [-0.4, -0.2) is 6.54 Å². The van der Waals surface area contributed by atoms with Crippen LogP contribution >= 0.6 is 11.6 Å². The highest BCUT2D eigenvalue weighted by atomic mass is 35.5. The zero-order valence-corrected chi connectivity index (χ0v) is 11.9. The number of nitrogens with one attached hydrogen (secondary N) is 1. The van der Waals surface area contributed by atoms with E-state index in [4.69, 9.17) is 11.6 Å². The van der Waals surface area contributed by atoms with Gasteiger partial charge in [0, 0.05) is 11.6 Å². The molecule has 0 saturated carbocycles. The van der Waals surface area contributed by atoms with E-state index in [1.54, 1.807) is 6.07 Å². The predicted molar refractivity (Wildman–Crippen MR) is 79.0 cm³/mol. The maximum Gasteiger partial charge on any atom is 0.123 e. The molecule has 2 aromatic carbocycles. The van der Waals surface area contributed by atoms with Gasteiger partial charge in [-0.05, 0) is 53.9 Å². The Morgan fingerprint density at radius 3 is 2.63 bits per heavy atom. The number of halogens is 2. The fraction of sp³-hybridized carbons (Fsp3) is 0.250. The molecule has 0 spiro atoms. The molecule has 19 heavy (non-hydrogen) atoms. The minimum Gasteiger partial charge on any atom is -0.313 e. The average Bonchev–Trinajstić information content (AvgIpc) is 2.40. The summed E-state index contributed by atoms with van der Waals surface area (Å²) in [4.78, 5) is 0. The van der Waals surface area contributed by atoms with Crippen molar-refractivity contribution in [2.75, 3.05) is 6.54 Å². The van der Waals surface area contributed by atoms with Crippen molar-refractivity contribution in [1.29, 1.82) is 0 Å². The Morgan fingerprint density at radius 1 is 1.16 bits per heavy atom. The van der Waals surface area contributed by atoms with Gasteiger partial charge in [-0.15, -0.1) is 0 Å². The van der Waals surface area contributed by atoms with Gasteiger partial charge in [0.2, 0.25) is 0 Å². The molecular formula is C16H17ClFN. The first-order chi connectivity index (χ1) is 9.11. The molecule has 0 heterocycles. The highest BCUT2D eigenvalue weighted by Crippen LogP contribution is 2.28. The first kappa shape index (κ1) is 14.0. The molecule has 3 heteroatoms. The third-order valence-electron chi connectivity index (χ3n) is 3.12. The molecule has 100 valence electrons. The van der Waals surface area contributed by atoms with E-state index in [2.05, 4.69) is 5.32 Å². The van der Waals surface area contributed by atoms with Crippen LogP contribution in [-0.2, 0) is 6.54 Å². The van der Waals surface area contributed by atoms with Crippen LogP contribution in [0.3, 0.4) is 0 Å². The van der Waals surface area contributed by atoms with E-state index < -0.39 is 0 Å². The second kappa shape index (κ2) is 6.18. The largest absolute Gasteiger partial charge is 0.313 e. The van der Waals surface area contributed by atoms with E-state index in [0.717, 1.165) is 33.8 Å². The molecule has 0 amide bonds. The molecule has 0 aliphatic rings. The maximum absolute atomic E-state index is 13.4. The maximum atomic E-state index is 13.4. The van der Waals surface area contributed by atoms with E-state index in [0.29, 0.717) is 6.54 Å². The van der Waals surface area contributed by atoms with Crippen molar-refractivity contribution in [3.05, 3.63) is 58.4 Å². The van der Waals surface area contributed by atoms with Crippen molar-refractivity contribution in [2.24, 2.45) is 0 Å². The van der Waals surface area contributed by atoms with Crippen LogP contribution in [0.15, 0.2) is 36.4 Å². The molecule has 0 aliphatic carbocycles. The van der Waals surface area contributed by atoms with Crippen LogP contribution in [0.2, 0.25) is 5.02 Å². The Kier molecular flexibility index (Phi) is 4.56. The second-order valence-electron chi connectivity index (χ2n) is 4.55. The van der Waals surface area contributed by atoms with Crippen LogP contribution in [0.1, 0.15) is 18.1 Å². The van der Waals surface area contributed by atoms with E-state index in [-0.39, 0.29) is 5.82 Å². The number of benzene rings is 2. The lowest BCUT2D eigenvalue weighted by Crippen LogP contribution is -2.12. The molecule has 1 nitrogen and oxygen atoms in total. The smallest absolute Gasteiger partial charge is 0.123 e. The normalized spacial score (nSPS) is 10.7. The third-order valence-corrected chi connectivity index (χ3v) is 3.52. The van der Waals surface area contributed by atoms with E-state index in [9.17, 15) is 4.39 Å². The van der Waals surface area contributed by atoms with Crippen molar-refractivity contribution in [3.63, 3.8) is 0 Å². The number of aryl methyl sites for hydroxylation is 1. The van der Waals surface area contributed by atoms with Crippen molar-refractivity contribution in [1.82, 2.24) is 5.32 Å². The SMILES string of the molecule is CCNCc1cc(F)ccc1-c1ccc(C)c(Cl)c1. The number of hydrogen-bond acceptors (Lipinski definition) is 1. The summed E-state index contributed by atoms with van der Waals surface area (Å²) in [5, 5.41) is 3.96. The van der Waals surface area contributed by atoms with Crippen molar-refractivity contribution >= 4 is 11.6 Å². The third kappa shape index (κ3) is 3.34. The van der Waals surface area contributed by atoms with Gasteiger partial charge in [-0.1, -0.05) is 36.7 Å². The van der Waals surface area contributed by atoms with Gasteiger partial charge in [-0.25, -0.2) is 4.39 Å². The minimum absolute atomic E-state index is 0.213. The lowest BCUT2D eigenvalue weighted by atomic mass is 9.98. The Morgan fingerprint density at radius 2 is 1.95 bits per heavy atom. The van der Waals surface area contributed by atoms with Crippen molar-refractivity contribution in [2.45, 2.75) is 20.4 Å². The molecule has 1 N–H and O–H groups in total. The van der Waals surface area contributed by atoms with Crippen molar-refractivity contribution < 1.29 is 4.39 Å². The topological polar surface area (TPSA) is 12.0 Å². The molecular weight excluding hydrogens is 261 g/mol. The molecule has 2 aromatic rings. The first-order valence-corrected chi connectivity index (χ1v) is 6.75. The summed E-state index contributed by atoms with van der Waals surface area (Å²) in [5.74, 6) is -0.213. The van der Waals surface area contributed by atoms with Crippen LogP contribution in [0, 0.1) is 12.7 Å². The summed E-state index contributed by atoms with van der Waals surface area (Å²) >= 11 is 6.16. The molecule has 0 radical (unpaired) electrons. The summed E-state index contributed by atoms with van der Waals surface area (Å²) < 4.78 is 13.4. The zero-order valence-electron chi connectivity index (χ0n) is 11.1. The van der Waals surface area contributed by atoms with Crippen LogP contribution in [0.5, 0.6) is 0 Å². The summed E-state index contributed by atoms with van der Waals surface area (Å²) in [7, 11) is 0. The highest BCUT2D eigenvalue weighted by molar-refractivity contribution is 6.31. The number of hydrogen-bond donors (Lipinski definition) is 1. The summed E-state index contributed by atoms with van der Waals surface area (Å²) in [6.45, 7) is 5.50. The molecule has 0 aromatic heterocycles. The summed E-state index contributed by atoms with van der Waals surface area (Å²) in [6, 6.07) is 10.8. The Labute approximate surface area is 118 Å². The van der Waals surface area contributed by atoms with E-state index in [1.165, 1.54) is 6.07 Å². The van der Waals surface area contributed by atoms with E-state index >= 15 is 0 Å². The molecule has 0 aliphatic heterocycles. The fourth-order valence-corrected chi connectivity index (χ4v) is 2.19. The van der Waals surface area contributed by atoms with Gasteiger partial charge in [0.25, 0.3) is 0 Å². The van der Waals surface area contributed by atoms with Gasteiger partial charge in [0.1, 0.15) is 5.82 Å². The van der Waals surface area contributed by atoms with Gasteiger partial charge in [-0.3, -0.25) is 0 Å². The highest BCUT2D eigenvalue weighted by Gasteiger charge is 2.07. The van der Waals surface area contributed by atoms with Gasteiger partial charge >= 0.3 is 0 Å². The first-order valence-electron chi connectivity index (χ1n) is 6.37. The standard InChI is InChI=1S/C16H17ClFN/c1-3-19-10-13-8-14(18)6-7-15(13)12-5-4-11(2)16(17)9-12/h4-9,19H,3,10H2,1-2H3. The Bertz CT molecular complexity index is 581. The monoisotopic (exact) mass is 277 g/mol. The second-order valence-corrected chi connectivity index (χ2v) is 4.95. The molecule has 0 saturated heterocycles. The fourth-order valence-electron chi connectivity index (χ4n) is 2.01. The average molecular weight is 278 g/mol. The molecule has 0 bridgehead atoms. The van der Waals surface area contributed by atoms with Crippen LogP contribution in [0.25, 0.3) is 11.1 Å². The molecule has 0 atom stereocenters. The molecule has 2 rings (SSSR count). The molecule has 0 fully saturated rings. The van der Waals surface area contributed by atoms with Crippen LogP contribution < -0.4 is 5.32 Å². The Balaban J connectivity index is 2.45.